The van der Waals surface area contributed by atoms with Crippen LogP contribution in [0.25, 0.3) is 0 Å². The van der Waals surface area contributed by atoms with Crippen molar-refractivity contribution in [1.29, 1.82) is 0 Å². The molecule has 0 saturated heterocycles. The third-order valence-corrected chi connectivity index (χ3v) is 5.84. The van der Waals surface area contributed by atoms with E-state index in [9.17, 15) is 4.79 Å². The van der Waals surface area contributed by atoms with E-state index >= 15 is 0 Å². The summed E-state index contributed by atoms with van der Waals surface area (Å²) < 4.78 is 0. The van der Waals surface area contributed by atoms with Gasteiger partial charge in [-0.2, -0.15) is 0 Å². The van der Waals surface area contributed by atoms with E-state index in [0.717, 1.165) is 24.7 Å². The van der Waals surface area contributed by atoms with Crippen LogP contribution in [0.5, 0.6) is 0 Å². The van der Waals surface area contributed by atoms with Crippen LogP contribution < -0.4 is 0 Å². The van der Waals surface area contributed by atoms with E-state index in [-0.39, 0.29) is 0 Å². The smallest absolute Gasteiger partial charge is 0.137 e. The first kappa shape index (κ1) is 15.8. The minimum Gasteiger partial charge on any atom is -0.299 e. The molecular formula is C21H30O. The second kappa shape index (κ2) is 7.44. The number of Topliss-reactive ketones (excluding diaryl/α,β-unsaturated/α-hetero) is 1. The largest absolute Gasteiger partial charge is 0.299 e. The molecule has 0 aliphatic heterocycles. The zero-order chi connectivity index (χ0) is 15.4. The SMILES string of the molecule is CCCC1CCC(CCc2ccc3c(c2)CCC(=O)C3)CC1. The summed E-state index contributed by atoms with van der Waals surface area (Å²) in [5.41, 5.74) is 4.20. The maximum absolute atomic E-state index is 11.5. The predicted molar refractivity (Wildman–Crippen MR) is 92.2 cm³/mol. The van der Waals surface area contributed by atoms with Gasteiger partial charge in [0.15, 0.2) is 0 Å². The molecule has 120 valence electrons. The van der Waals surface area contributed by atoms with Gasteiger partial charge in [0.1, 0.15) is 5.78 Å². The Kier molecular flexibility index (Phi) is 5.33. The number of ketones is 1. The second-order valence-corrected chi connectivity index (χ2v) is 7.53. The van der Waals surface area contributed by atoms with Gasteiger partial charge < -0.3 is 0 Å². The van der Waals surface area contributed by atoms with Crippen molar-refractivity contribution in [2.24, 2.45) is 11.8 Å². The van der Waals surface area contributed by atoms with Crippen molar-refractivity contribution in [1.82, 2.24) is 0 Å². The minimum absolute atomic E-state index is 0.407. The molecule has 3 rings (SSSR count). The van der Waals surface area contributed by atoms with Crippen molar-refractivity contribution in [2.75, 3.05) is 0 Å². The van der Waals surface area contributed by atoms with Crippen molar-refractivity contribution in [3.05, 3.63) is 34.9 Å². The van der Waals surface area contributed by atoms with Gasteiger partial charge in [-0.25, -0.2) is 0 Å². The van der Waals surface area contributed by atoms with Gasteiger partial charge in [0.05, 0.1) is 0 Å². The molecule has 0 N–H and O–H groups in total. The number of fused-ring (bicyclic) bond motifs is 1. The predicted octanol–water partition coefficient (Wildman–Crippen LogP) is 5.28. The van der Waals surface area contributed by atoms with Crippen LogP contribution in [0.15, 0.2) is 18.2 Å². The van der Waals surface area contributed by atoms with Gasteiger partial charge in [0.25, 0.3) is 0 Å². The first-order valence-electron chi connectivity index (χ1n) is 9.37. The van der Waals surface area contributed by atoms with E-state index in [4.69, 9.17) is 0 Å². The molecule has 0 aromatic heterocycles. The summed E-state index contributed by atoms with van der Waals surface area (Å²) in [5, 5.41) is 0. The molecule has 0 atom stereocenters. The van der Waals surface area contributed by atoms with E-state index in [1.807, 2.05) is 0 Å². The average Bonchev–Trinajstić information content (AvgIpc) is 2.54. The number of hydrogen-bond donors (Lipinski definition) is 0. The van der Waals surface area contributed by atoms with Crippen LogP contribution in [0.1, 0.15) is 75.0 Å². The highest BCUT2D eigenvalue weighted by molar-refractivity contribution is 5.83. The standard InChI is InChI=1S/C21H30O/c1-2-3-16-4-6-17(7-5-16)8-9-18-10-11-20-15-21(22)13-12-19(20)14-18/h10-11,14,16-17H,2-9,12-13,15H2,1H3. The summed E-state index contributed by atoms with van der Waals surface area (Å²) in [5.74, 6) is 2.37. The van der Waals surface area contributed by atoms with Crippen LogP contribution in [-0.2, 0) is 24.1 Å². The van der Waals surface area contributed by atoms with Gasteiger partial charge >= 0.3 is 0 Å². The lowest BCUT2D eigenvalue weighted by Gasteiger charge is -2.28. The van der Waals surface area contributed by atoms with Crippen LogP contribution in [0.4, 0.5) is 0 Å². The molecule has 0 amide bonds. The average molecular weight is 298 g/mol. The fourth-order valence-corrected chi connectivity index (χ4v) is 4.40. The molecule has 1 aromatic carbocycles. The molecule has 0 unspecified atom stereocenters. The Bertz CT molecular complexity index is 509. The molecule has 0 spiro atoms. The number of hydrogen-bond acceptors (Lipinski definition) is 1. The fraction of sp³-hybridized carbons (Fsp3) is 0.667. The molecule has 2 aliphatic carbocycles. The highest BCUT2D eigenvalue weighted by atomic mass is 16.1. The number of carbonyl (C=O) groups excluding carboxylic acids is 1. The highest BCUT2D eigenvalue weighted by Gasteiger charge is 2.21. The van der Waals surface area contributed by atoms with Crippen molar-refractivity contribution >= 4 is 5.78 Å². The molecular weight excluding hydrogens is 268 g/mol. The molecule has 1 fully saturated rings. The van der Waals surface area contributed by atoms with Gasteiger partial charge in [-0.15, -0.1) is 0 Å². The Hall–Kier alpha value is -1.11. The third-order valence-electron chi connectivity index (χ3n) is 5.84. The first-order valence-corrected chi connectivity index (χ1v) is 9.37. The summed E-state index contributed by atoms with van der Waals surface area (Å²) in [6, 6.07) is 6.85. The monoisotopic (exact) mass is 298 g/mol. The lowest BCUT2D eigenvalue weighted by molar-refractivity contribution is -0.118. The Morgan fingerprint density at radius 3 is 2.41 bits per heavy atom. The summed E-state index contributed by atoms with van der Waals surface area (Å²) in [4.78, 5) is 11.5. The van der Waals surface area contributed by atoms with Crippen LogP contribution in [0.3, 0.4) is 0 Å². The van der Waals surface area contributed by atoms with Gasteiger partial charge in [-0.05, 0) is 47.8 Å². The molecule has 1 heteroatoms. The van der Waals surface area contributed by atoms with E-state index in [1.165, 1.54) is 68.1 Å². The Morgan fingerprint density at radius 2 is 1.68 bits per heavy atom. The van der Waals surface area contributed by atoms with Gasteiger partial charge in [0.2, 0.25) is 0 Å². The molecule has 22 heavy (non-hydrogen) atoms. The third kappa shape index (κ3) is 4.00. The van der Waals surface area contributed by atoms with Crippen LogP contribution in [0, 0.1) is 11.8 Å². The number of rotatable bonds is 5. The molecule has 0 radical (unpaired) electrons. The molecule has 0 heterocycles. The minimum atomic E-state index is 0.407. The summed E-state index contributed by atoms with van der Waals surface area (Å²) in [6.45, 7) is 2.32. The first-order chi connectivity index (χ1) is 10.7. The lowest BCUT2D eigenvalue weighted by Crippen LogP contribution is -2.15. The Morgan fingerprint density at radius 1 is 0.955 bits per heavy atom. The van der Waals surface area contributed by atoms with Crippen molar-refractivity contribution in [3.63, 3.8) is 0 Å². The molecule has 2 aliphatic rings. The summed E-state index contributed by atoms with van der Waals surface area (Å²) in [7, 11) is 0. The van der Waals surface area contributed by atoms with Crippen molar-refractivity contribution in [2.45, 2.75) is 77.6 Å². The van der Waals surface area contributed by atoms with Crippen LogP contribution in [0.2, 0.25) is 0 Å². The Labute approximate surface area is 135 Å². The maximum Gasteiger partial charge on any atom is 0.137 e. The van der Waals surface area contributed by atoms with Crippen molar-refractivity contribution < 1.29 is 4.79 Å². The maximum atomic E-state index is 11.5. The summed E-state index contributed by atoms with van der Waals surface area (Å²) in [6.07, 6.45) is 13.6. The number of carbonyl (C=O) groups is 1. The van der Waals surface area contributed by atoms with E-state index in [0.29, 0.717) is 12.2 Å². The molecule has 1 saturated carbocycles. The summed E-state index contributed by atoms with van der Waals surface area (Å²) >= 11 is 0. The van der Waals surface area contributed by atoms with Gasteiger partial charge in [-0.1, -0.05) is 63.6 Å². The molecule has 1 nitrogen and oxygen atoms in total. The van der Waals surface area contributed by atoms with Gasteiger partial charge in [0, 0.05) is 12.8 Å². The molecule has 1 aromatic rings. The van der Waals surface area contributed by atoms with Crippen LogP contribution in [-0.4, -0.2) is 5.78 Å². The van der Waals surface area contributed by atoms with E-state index < -0.39 is 0 Å². The number of benzene rings is 1. The van der Waals surface area contributed by atoms with E-state index in [2.05, 4.69) is 25.1 Å². The quantitative estimate of drug-likeness (QED) is 0.722. The normalized spacial score (nSPS) is 25.0. The topological polar surface area (TPSA) is 17.1 Å². The van der Waals surface area contributed by atoms with Gasteiger partial charge in [-0.3, -0.25) is 4.79 Å². The number of aryl methyl sites for hydroxylation is 2. The fourth-order valence-electron chi connectivity index (χ4n) is 4.40. The van der Waals surface area contributed by atoms with E-state index in [1.54, 1.807) is 0 Å². The molecule has 0 bridgehead atoms. The second-order valence-electron chi connectivity index (χ2n) is 7.53. The van der Waals surface area contributed by atoms with Crippen molar-refractivity contribution in [3.8, 4) is 0 Å². The zero-order valence-electron chi connectivity index (χ0n) is 14.1. The zero-order valence-corrected chi connectivity index (χ0v) is 14.1. The van der Waals surface area contributed by atoms with Crippen LogP contribution >= 0.6 is 0 Å². The lowest BCUT2D eigenvalue weighted by atomic mass is 9.78. The Balaban J connectivity index is 1.49. The highest BCUT2D eigenvalue weighted by Crippen LogP contribution is 2.34.